The van der Waals surface area contributed by atoms with Gasteiger partial charge >= 0.3 is 0 Å². The van der Waals surface area contributed by atoms with Gasteiger partial charge in [-0.2, -0.15) is 4.65 Å². The second-order valence-corrected chi connectivity index (χ2v) is 11.4. The lowest BCUT2D eigenvalue weighted by molar-refractivity contribution is -0.989. The van der Waals surface area contributed by atoms with Crippen LogP contribution in [-0.4, -0.2) is 61.5 Å². The lowest BCUT2D eigenvalue weighted by Gasteiger charge is -2.37. The molecule has 0 bridgehead atoms. The van der Waals surface area contributed by atoms with Crippen molar-refractivity contribution in [3.8, 4) is 0 Å². The Morgan fingerprint density at radius 1 is 1.18 bits per heavy atom. The molecular formula is C27H45N4OS+. The minimum absolute atomic E-state index is 0.594. The largest absolute Gasteiger partial charge is 0.385 e. The van der Waals surface area contributed by atoms with Gasteiger partial charge in [0.25, 0.3) is 0 Å². The molecule has 33 heavy (non-hydrogen) atoms. The first kappa shape index (κ1) is 24.8. The summed E-state index contributed by atoms with van der Waals surface area (Å²) in [6.45, 7) is 12.2. The number of allylic oxidation sites excluding steroid dienone is 1. The van der Waals surface area contributed by atoms with Gasteiger partial charge in [-0.05, 0) is 83.5 Å². The fraction of sp³-hybridized carbons (Fsp3) is 0.704. The Balaban J connectivity index is 1.37. The summed E-state index contributed by atoms with van der Waals surface area (Å²) in [6.07, 6.45) is 16.4. The van der Waals surface area contributed by atoms with Gasteiger partial charge in [0.15, 0.2) is 13.1 Å². The summed E-state index contributed by atoms with van der Waals surface area (Å²) in [5.41, 5.74) is 2.98. The SMILES string of the molecule is CC=CNC=c1sc2c(c1=C(C)NC1CCC(N(CCC)CCO[N+]3(C)CC3)CC1)CCC2. The maximum atomic E-state index is 6.07. The van der Waals surface area contributed by atoms with Crippen LogP contribution in [-0.2, 0) is 17.7 Å². The molecule has 2 fully saturated rings. The van der Waals surface area contributed by atoms with E-state index in [1.165, 1.54) is 86.4 Å². The third-order valence-corrected chi connectivity index (χ3v) is 8.82. The molecule has 2 heterocycles. The number of nitrogens with zero attached hydrogens (tertiary/aromatic N) is 2. The van der Waals surface area contributed by atoms with Gasteiger partial charge in [0.2, 0.25) is 0 Å². The van der Waals surface area contributed by atoms with Crippen LogP contribution in [0.5, 0.6) is 0 Å². The molecule has 0 unspecified atom stereocenters. The monoisotopic (exact) mass is 473 g/mol. The summed E-state index contributed by atoms with van der Waals surface area (Å²) in [7, 11) is 2.20. The van der Waals surface area contributed by atoms with E-state index >= 15 is 0 Å². The van der Waals surface area contributed by atoms with Gasteiger partial charge in [-0.3, -0.25) is 4.90 Å². The Morgan fingerprint density at radius 3 is 2.67 bits per heavy atom. The number of aryl methyl sites for hydroxylation is 1. The molecule has 1 saturated heterocycles. The zero-order valence-corrected chi connectivity index (χ0v) is 22.1. The number of nitrogens with one attached hydrogen (secondary N) is 2. The van der Waals surface area contributed by atoms with Crippen LogP contribution < -0.4 is 20.4 Å². The van der Waals surface area contributed by atoms with Gasteiger partial charge in [0.1, 0.15) is 6.61 Å². The summed E-state index contributed by atoms with van der Waals surface area (Å²) in [5.74, 6) is 0. The molecular weight excluding hydrogens is 428 g/mol. The highest BCUT2D eigenvalue weighted by Crippen LogP contribution is 2.25. The highest BCUT2D eigenvalue weighted by Gasteiger charge is 2.40. The summed E-state index contributed by atoms with van der Waals surface area (Å²) >= 11 is 1.98. The fourth-order valence-electron chi connectivity index (χ4n) is 5.53. The average Bonchev–Trinajstić information content (AvgIpc) is 3.20. The molecule has 5 nitrogen and oxygen atoms in total. The summed E-state index contributed by atoms with van der Waals surface area (Å²) in [5, 5.41) is 8.78. The van der Waals surface area contributed by atoms with Gasteiger partial charge in [-0.1, -0.05) is 13.0 Å². The predicted molar refractivity (Wildman–Crippen MR) is 140 cm³/mol. The number of hydroxylamine groups is 3. The number of likely N-dealkylation sites (N-methyl/N-ethyl adjacent to an activating group) is 1. The number of hydrogen-bond acceptors (Lipinski definition) is 5. The second kappa shape index (κ2) is 11.4. The Bertz CT molecular complexity index is 925. The van der Waals surface area contributed by atoms with Crippen molar-refractivity contribution in [3.63, 3.8) is 0 Å². The summed E-state index contributed by atoms with van der Waals surface area (Å²) < 4.78 is 2.20. The van der Waals surface area contributed by atoms with E-state index in [9.17, 15) is 0 Å². The highest BCUT2D eigenvalue weighted by molar-refractivity contribution is 7.10. The van der Waals surface area contributed by atoms with Crippen molar-refractivity contribution in [1.82, 2.24) is 15.5 Å². The zero-order valence-electron chi connectivity index (χ0n) is 21.3. The van der Waals surface area contributed by atoms with Crippen LogP contribution in [0.3, 0.4) is 0 Å². The van der Waals surface area contributed by atoms with E-state index in [-0.39, 0.29) is 0 Å². The molecule has 4 rings (SSSR count). The number of rotatable bonds is 11. The Hall–Kier alpha value is -1.34. The highest BCUT2D eigenvalue weighted by atomic mass is 32.1. The first-order valence-corrected chi connectivity index (χ1v) is 14.0. The molecule has 0 amide bonds. The average molecular weight is 474 g/mol. The van der Waals surface area contributed by atoms with Crippen LogP contribution in [0.25, 0.3) is 11.9 Å². The second-order valence-electron chi connectivity index (χ2n) is 10.3. The minimum Gasteiger partial charge on any atom is -0.385 e. The van der Waals surface area contributed by atoms with E-state index in [0.29, 0.717) is 12.1 Å². The Morgan fingerprint density at radius 2 is 1.97 bits per heavy atom. The first-order chi connectivity index (χ1) is 16.0. The normalized spacial score (nSPS) is 25.5. The molecule has 6 heteroatoms. The van der Waals surface area contributed by atoms with Crippen LogP contribution in [0.15, 0.2) is 12.3 Å². The van der Waals surface area contributed by atoms with E-state index in [1.54, 1.807) is 10.4 Å². The predicted octanol–water partition coefficient (Wildman–Crippen LogP) is 3.23. The Labute approximate surface area is 204 Å². The molecule has 1 aromatic rings. The standard InChI is InChI=1S/C27H45N4OS/c1-5-14-28-20-26-27(24-8-7-9-25(24)33-26)21(3)29-22-10-12-23(13-11-22)30(15-6-2)16-19-32-31(4)17-18-31/h5,14,20,22-23,28-29H,6-13,15-19H2,1-4H3/q+1. The third kappa shape index (κ3) is 6.41. The molecule has 0 radical (unpaired) electrons. The summed E-state index contributed by atoms with van der Waals surface area (Å²) in [6, 6.07) is 1.31. The lowest BCUT2D eigenvalue weighted by atomic mass is 9.89. The van der Waals surface area contributed by atoms with E-state index in [1.807, 2.05) is 30.5 Å². The molecule has 2 N–H and O–H groups in total. The topological polar surface area (TPSA) is 36.5 Å². The number of quaternary nitrogens is 1. The third-order valence-electron chi connectivity index (χ3n) is 7.58. The number of hydrogen-bond donors (Lipinski definition) is 2. The number of fused-ring (bicyclic) bond motifs is 1. The van der Waals surface area contributed by atoms with Crippen molar-refractivity contribution >= 4 is 23.2 Å². The quantitative estimate of drug-likeness (QED) is 0.382. The van der Waals surface area contributed by atoms with Crippen LogP contribution in [0.1, 0.15) is 69.7 Å². The minimum atomic E-state index is 0.594. The maximum absolute atomic E-state index is 6.07. The van der Waals surface area contributed by atoms with Gasteiger partial charge in [0, 0.05) is 40.6 Å². The van der Waals surface area contributed by atoms with Gasteiger partial charge in [-0.15, -0.1) is 11.3 Å². The van der Waals surface area contributed by atoms with Gasteiger partial charge < -0.3 is 10.6 Å². The molecule has 1 saturated carbocycles. The molecule has 0 atom stereocenters. The van der Waals surface area contributed by atoms with E-state index < -0.39 is 0 Å². The molecule has 0 spiro atoms. The fourth-order valence-corrected chi connectivity index (χ4v) is 6.88. The zero-order chi connectivity index (χ0) is 23.3. The van der Waals surface area contributed by atoms with E-state index in [2.05, 4.69) is 42.6 Å². The lowest BCUT2D eigenvalue weighted by Crippen LogP contribution is -2.45. The van der Waals surface area contributed by atoms with Crippen LogP contribution in [0.2, 0.25) is 0 Å². The van der Waals surface area contributed by atoms with Crippen molar-refractivity contribution in [3.05, 3.63) is 32.5 Å². The molecule has 3 aliphatic rings. The molecule has 1 aromatic heterocycles. The van der Waals surface area contributed by atoms with Crippen molar-refractivity contribution < 1.29 is 9.48 Å². The van der Waals surface area contributed by atoms with Crippen LogP contribution in [0.4, 0.5) is 0 Å². The smallest absolute Gasteiger partial charge is 0.161 e. The van der Waals surface area contributed by atoms with Crippen molar-refractivity contribution in [1.29, 1.82) is 0 Å². The molecule has 2 aliphatic carbocycles. The van der Waals surface area contributed by atoms with E-state index in [0.717, 1.165) is 17.8 Å². The molecule has 184 valence electrons. The van der Waals surface area contributed by atoms with Gasteiger partial charge in [0.05, 0.1) is 11.6 Å². The van der Waals surface area contributed by atoms with Gasteiger partial charge in [-0.25, -0.2) is 4.84 Å². The first-order valence-electron chi connectivity index (χ1n) is 13.2. The van der Waals surface area contributed by atoms with Crippen molar-refractivity contribution in [2.45, 2.75) is 84.2 Å². The van der Waals surface area contributed by atoms with Crippen LogP contribution >= 0.6 is 11.3 Å². The maximum Gasteiger partial charge on any atom is 0.161 e. The van der Waals surface area contributed by atoms with Crippen molar-refractivity contribution in [2.24, 2.45) is 0 Å². The molecule has 0 aromatic carbocycles. The molecule has 1 aliphatic heterocycles. The van der Waals surface area contributed by atoms with Crippen molar-refractivity contribution in [2.75, 3.05) is 39.8 Å². The Kier molecular flexibility index (Phi) is 8.55. The van der Waals surface area contributed by atoms with Crippen LogP contribution in [0, 0.1) is 0 Å². The summed E-state index contributed by atoms with van der Waals surface area (Å²) in [4.78, 5) is 10.4. The number of thiophene rings is 1. The van der Waals surface area contributed by atoms with E-state index in [4.69, 9.17) is 4.84 Å².